The lowest BCUT2D eigenvalue weighted by molar-refractivity contribution is -0.126. The highest BCUT2D eigenvalue weighted by Gasteiger charge is 2.37. The number of nitrogens with one attached hydrogen (secondary N) is 2. The largest absolute Gasteiger partial charge is 0.347 e. The molecule has 1 amide bonds. The number of rotatable bonds is 3. The number of hydrogen-bond acceptors (Lipinski definition) is 3. The molecule has 1 heterocycles. The van der Waals surface area contributed by atoms with E-state index in [1.54, 1.807) is 12.4 Å². The van der Waals surface area contributed by atoms with Gasteiger partial charge in [0.25, 0.3) is 0 Å². The molecule has 1 aromatic heterocycles. The van der Waals surface area contributed by atoms with Gasteiger partial charge in [0.1, 0.15) is 5.82 Å². The highest BCUT2D eigenvalue weighted by atomic mass is 16.2. The summed E-state index contributed by atoms with van der Waals surface area (Å²) in [4.78, 5) is 19.1. The molecule has 16 heavy (non-hydrogen) atoms. The lowest BCUT2D eigenvalue weighted by Crippen LogP contribution is -2.52. The zero-order chi connectivity index (χ0) is 11.6. The first-order valence-electron chi connectivity index (χ1n) is 5.71. The fraction of sp³-hybridized carbons (Fsp3) is 0.636. The van der Waals surface area contributed by atoms with Gasteiger partial charge in [-0.15, -0.1) is 0 Å². The van der Waals surface area contributed by atoms with Gasteiger partial charge in [0.2, 0.25) is 5.91 Å². The number of aromatic amines is 1. The number of imidazole rings is 1. The molecular formula is C11H18N4O. The number of carbonyl (C=O) groups is 1. The van der Waals surface area contributed by atoms with E-state index in [0.29, 0.717) is 0 Å². The van der Waals surface area contributed by atoms with Gasteiger partial charge in [0.05, 0.1) is 11.6 Å². The number of H-pyrrole nitrogens is 1. The van der Waals surface area contributed by atoms with Crippen LogP contribution in [-0.4, -0.2) is 21.4 Å². The molecule has 1 atom stereocenters. The van der Waals surface area contributed by atoms with Gasteiger partial charge in [-0.1, -0.05) is 12.8 Å². The molecule has 4 N–H and O–H groups in total. The minimum Gasteiger partial charge on any atom is -0.347 e. The van der Waals surface area contributed by atoms with Crippen LogP contribution in [0, 0.1) is 0 Å². The molecule has 5 nitrogen and oxygen atoms in total. The summed E-state index contributed by atoms with van der Waals surface area (Å²) in [5.74, 6) is 0.698. The summed E-state index contributed by atoms with van der Waals surface area (Å²) in [6, 6.07) is -0.122. The van der Waals surface area contributed by atoms with Crippen LogP contribution < -0.4 is 11.1 Å². The fourth-order valence-corrected chi connectivity index (χ4v) is 2.16. The monoisotopic (exact) mass is 222 g/mol. The summed E-state index contributed by atoms with van der Waals surface area (Å²) in [5.41, 5.74) is 5.40. The maximum absolute atomic E-state index is 12.0. The molecule has 1 unspecified atom stereocenters. The van der Waals surface area contributed by atoms with Gasteiger partial charge < -0.3 is 16.0 Å². The van der Waals surface area contributed by atoms with Crippen LogP contribution in [0.5, 0.6) is 0 Å². The number of nitrogens with zero attached hydrogens (tertiary/aromatic N) is 1. The Morgan fingerprint density at radius 2 is 2.31 bits per heavy atom. The predicted octanol–water partition coefficient (Wildman–Crippen LogP) is 0.858. The minimum atomic E-state index is -0.666. The maximum atomic E-state index is 12.0. The summed E-state index contributed by atoms with van der Waals surface area (Å²) in [5, 5.41) is 2.91. The van der Waals surface area contributed by atoms with Crippen molar-refractivity contribution in [3.8, 4) is 0 Å². The van der Waals surface area contributed by atoms with Gasteiger partial charge in [-0.05, 0) is 19.8 Å². The van der Waals surface area contributed by atoms with Crippen LogP contribution in [0.4, 0.5) is 0 Å². The van der Waals surface area contributed by atoms with Crippen LogP contribution in [0.2, 0.25) is 0 Å². The topological polar surface area (TPSA) is 83.8 Å². The van der Waals surface area contributed by atoms with Crippen molar-refractivity contribution in [2.45, 2.75) is 44.2 Å². The molecular weight excluding hydrogens is 204 g/mol. The Bertz CT molecular complexity index is 354. The van der Waals surface area contributed by atoms with E-state index in [-0.39, 0.29) is 11.9 Å². The fourth-order valence-electron chi connectivity index (χ4n) is 2.16. The summed E-state index contributed by atoms with van der Waals surface area (Å²) < 4.78 is 0. The molecule has 0 saturated heterocycles. The molecule has 2 rings (SSSR count). The van der Waals surface area contributed by atoms with Crippen molar-refractivity contribution in [3.63, 3.8) is 0 Å². The Kier molecular flexibility index (Phi) is 2.96. The van der Waals surface area contributed by atoms with Gasteiger partial charge in [-0.2, -0.15) is 0 Å². The molecule has 1 aliphatic carbocycles. The zero-order valence-corrected chi connectivity index (χ0v) is 9.49. The first kappa shape index (κ1) is 11.1. The highest BCUT2D eigenvalue weighted by Crippen LogP contribution is 2.27. The smallest absolute Gasteiger partial charge is 0.240 e. The van der Waals surface area contributed by atoms with E-state index in [0.717, 1.165) is 31.5 Å². The average molecular weight is 222 g/mol. The second kappa shape index (κ2) is 4.25. The molecule has 0 radical (unpaired) electrons. The molecule has 1 fully saturated rings. The summed E-state index contributed by atoms with van der Waals surface area (Å²) >= 11 is 0. The number of carbonyl (C=O) groups excluding carboxylic acids is 1. The summed E-state index contributed by atoms with van der Waals surface area (Å²) in [7, 11) is 0. The third kappa shape index (κ3) is 2.09. The quantitative estimate of drug-likeness (QED) is 0.709. The SMILES string of the molecule is CC(NC(=O)C1(N)CCCC1)c1ncc[nH]1. The van der Waals surface area contributed by atoms with Gasteiger partial charge in [0.15, 0.2) is 0 Å². The number of nitrogens with two attached hydrogens (primary N) is 1. The Hall–Kier alpha value is -1.36. The van der Waals surface area contributed by atoms with Gasteiger partial charge in [-0.25, -0.2) is 4.98 Å². The van der Waals surface area contributed by atoms with Crippen LogP contribution in [0.3, 0.4) is 0 Å². The van der Waals surface area contributed by atoms with E-state index in [1.807, 2.05) is 6.92 Å². The Morgan fingerprint density at radius 1 is 1.62 bits per heavy atom. The van der Waals surface area contributed by atoms with Crippen LogP contribution >= 0.6 is 0 Å². The third-order valence-electron chi connectivity index (χ3n) is 3.23. The first-order chi connectivity index (χ1) is 7.62. The number of hydrogen-bond donors (Lipinski definition) is 3. The lowest BCUT2D eigenvalue weighted by Gasteiger charge is -2.24. The molecule has 1 saturated carbocycles. The third-order valence-corrected chi connectivity index (χ3v) is 3.23. The molecule has 0 aliphatic heterocycles. The second-order valence-electron chi connectivity index (χ2n) is 4.53. The number of amides is 1. The molecule has 88 valence electrons. The van der Waals surface area contributed by atoms with Crippen molar-refractivity contribution in [2.24, 2.45) is 5.73 Å². The minimum absolute atomic E-state index is 0.0612. The van der Waals surface area contributed by atoms with Crippen molar-refractivity contribution in [3.05, 3.63) is 18.2 Å². The Morgan fingerprint density at radius 3 is 2.88 bits per heavy atom. The van der Waals surface area contributed by atoms with Crippen LogP contribution in [0.15, 0.2) is 12.4 Å². The molecule has 1 aliphatic rings. The van der Waals surface area contributed by atoms with E-state index in [4.69, 9.17) is 5.73 Å². The summed E-state index contributed by atoms with van der Waals surface area (Å²) in [6.07, 6.45) is 7.06. The zero-order valence-electron chi connectivity index (χ0n) is 9.49. The van der Waals surface area contributed by atoms with E-state index < -0.39 is 5.54 Å². The highest BCUT2D eigenvalue weighted by molar-refractivity contribution is 5.86. The first-order valence-corrected chi connectivity index (χ1v) is 5.71. The molecule has 0 bridgehead atoms. The van der Waals surface area contributed by atoms with Crippen LogP contribution in [-0.2, 0) is 4.79 Å². The Labute approximate surface area is 94.8 Å². The predicted molar refractivity (Wildman–Crippen MR) is 60.5 cm³/mol. The maximum Gasteiger partial charge on any atom is 0.240 e. The van der Waals surface area contributed by atoms with Crippen LogP contribution in [0.1, 0.15) is 44.5 Å². The van der Waals surface area contributed by atoms with Crippen molar-refractivity contribution < 1.29 is 4.79 Å². The van der Waals surface area contributed by atoms with E-state index in [1.165, 1.54) is 0 Å². The van der Waals surface area contributed by atoms with Crippen molar-refractivity contribution in [1.29, 1.82) is 0 Å². The Balaban J connectivity index is 1.97. The number of aromatic nitrogens is 2. The van der Waals surface area contributed by atoms with E-state index in [9.17, 15) is 4.79 Å². The standard InChI is InChI=1S/C11H18N4O/c1-8(9-13-6-7-14-9)15-10(16)11(12)4-2-3-5-11/h6-8H,2-5,12H2,1H3,(H,13,14)(H,15,16). The van der Waals surface area contributed by atoms with Crippen molar-refractivity contribution in [1.82, 2.24) is 15.3 Å². The van der Waals surface area contributed by atoms with Gasteiger partial charge in [0, 0.05) is 12.4 Å². The lowest BCUT2D eigenvalue weighted by atomic mass is 9.98. The normalized spacial score (nSPS) is 20.6. The molecule has 1 aromatic rings. The van der Waals surface area contributed by atoms with Gasteiger partial charge in [-0.3, -0.25) is 4.79 Å². The van der Waals surface area contributed by atoms with Gasteiger partial charge >= 0.3 is 0 Å². The van der Waals surface area contributed by atoms with Crippen molar-refractivity contribution >= 4 is 5.91 Å². The molecule has 5 heteroatoms. The van der Waals surface area contributed by atoms with Crippen LogP contribution in [0.25, 0.3) is 0 Å². The van der Waals surface area contributed by atoms with Crippen molar-refractivity contribution in [2.75, 3.05) is 0 Å². The molecule has 0 aromatic carbocycles. The van der Waals surface area contributed by atoms with E-state index in [2.05, 4.69) is 15.3 Å². The van der Waals surface area contributed by atoms with E-state index >= 15 is 0 Å². The molecule has 0 spiro atoms. The summed E-state index contributed by atoms with van der Waals surface area (Å²) in [6.45, 7) is 1.90. The second-order valence-corrected chi connectivity index (χ2v) is 4.53. The average Bonchev–Trinajstić information content (AvgIpc) is 2.88.